The van der Waals surface area contributed by atoms with Gasteiger partial charge in [-0.15, -0.1) is 0 Å². The highest BCUT2D eigenvalue weighted by molar-refractivity contribution is 6.33. The fraction of sp³-hybridized carbons (Fsp3) is 0.0833. The van der Waals surface area contributed by atoms with Gasteiger partial charge in [-0.3, -0.25) is 4.79 Å². The molecule has 7 heteroatoms. The first kappa shape index (κ1) is 14.7. The van der Waals surface area contributed by atoms with E-state index in [1.54, 1.807) is 0 Å². The number of carboxylic acid groups (broad SMARTS) is 2. The monoisotopic (exact) mass is 283 g/mol. The molecule has 0 saturated heterocycles. The second-order valence-electron chi connectivity index (χ2n) is 3.62. The van der Waals surface area contributed by atoms with Crippen molar-refractivity contribution >= 4 is 35.1 Å². The summed E-state index contributed by atoms with van der Waals surface area (Å²) in [6.07, 6.45) is 0.900. The SMILES string of the molecule is C/C(=C\C(=O)Nc1ccc(Cl)c(C(=O)O)c1)C(=O)O. The Morgan fingerprint density at radius 1 is 1.26 bits per heavy atom. The fourth-order valence-corrected chi connectivity index (χ4v) is 1.40. The topological polar surface area (TPSA) is 104 Å². The number of halogens is 1. The van der Waals surface area contributed by atoms with Crippen LogP contribution in [0.3, 0.4) is 0 Å². The van der Waals surface area contributed by atoms with E-state index < -0.39 is 17.8 Å². The summed E-state index contributed by atoms with van der Waals surface area (Å²) in [5, 5.41) is 19.9. The van der Waals surface area contributed by atoms with Gasteiger partial charge in [0.25, 0.3) is 0 Å². The maximum Gasteiger partial charge on any atom is 0.337 e. The molecule has 0 fully saturated rings. The van der Waals surface area contributed by atoms with Gasteiger partial charge in [0.2, 0.25) is 5.91 Å². The standard InChI is InChI=1S/C12H10ClNO5/c1-6(11(16)17)4-10(15)14-7-2-3-9(13)8(5-7)12(18)19/h2-5H,1H3,(H,14,15)(H,16,17)(H,18,19)/b6-4+. The van der Waals surface area contributed by atoms with E-state index in [9.17, 15) is 14.4 Å². The van der Waals surface area contributed by atoms with E-state index in [4.69, 9.17) is 21.8 Å². The van der Waals surface area contributed by atoms with Crippen LogP contribution in [0.1, 0.15) is 17.3 Å². The van der Waals surface area contributed by atoms with Gasteiger partial charge in [-0.25, -0.2) is 9.59 Å². The van der Waals surface area contributed by atoms with E-state index in [0.29, 0.717) is 0 Å². The van der Waals surface area contributed by atoms with Gasteiger partial charge in [-0.1, -0.05) is 11.6 Å². The van der Waals surface area contributed by atoms with Gasteiger partial charge in [0, 0.05) is 17.3 Å². The molecule has 3 N–H and O–H groups in total. The maximum atomic E-state index is 11.5. The minimum atomic E-state index is -1.22. The number of rotatable bonds is 4. The van der Waals surface area contributed by atoms with Crippen molar-refractivity contribution < 1.29 is 24.6 Å². The predicted octanol–water partition coefficient (Wildman–Crippen LogP) is 2.01. The van der Waals surface area contributed by atoms with Gasteiger partial charge in [-0.05, 0) is 25.1 Å². The molecule has 19 heavy (non-hydrogen) atoms. The molecule has 100 valence electrons. The van der Waals surface area contributed by atoms with E-state index in [0.717, 1.165) is 6.08 Å². The third-order valence-corrected chi connectivity index (χ3v) is 2.48. The van der Waals surface area contributed by atoms with Crippen LogP contribution in [0, 0.1) is 0 Å². The molecule has 0 radical (unpaired) electrons. The van der Waals surface area contributed by atoms with Crippen LogP contribution >= 0.6 is 11.6 Å². The zero-order valence-corrected chi connectivity index (χ0v) is 10.6. The van der Waals surface area contributed by atoms with E-state index in [1.807, 2.05) is 0 Å². The molecule has 0 spiro atoms. The lowest BCUT2D eigenvalue weighted by Crippen LogP contribution is -2.11. The second-order valence-corrected chi connectivity index (χ2v) is 4.03. The second kappa shape index (κ2) is 6.01. The van der Waals surface area contributed by atoms with E-state index >= 15 is 0 Å². The minimum absolute atomic E-state index is 0.0442. The first-order valence-corrected chi connectivity index (χ1v) is 5.44. The number of amides is 1. The average molecular weight is 284 g/mol. The number of carbonyl (C=O) groups is 3. The van der Waals surface area contributed by atoms with Crippen molar-refractivity contribution in [2.24, 2.45) is 0 Å². The van der Waals surface area contributed by atoms with Gasteiger partial charge < -0.3 is 15.5 Å². The molecule has 6 nitrogen and oxygen atoms in total. The Morgan fingerprint density at radius 2 is 1.89 bits per heavy atom. The Hall–Kier alpha value is -2.34. The summed E-state index contributed by atoms with van der Waals surface area (Å²) < 4.78 is 0. The molecule has 1 aromatic carbocycles. The summed E-state index contributed by atoms with van der Waals surface area (Å²) in [6, 6.07) is 3.93. The number of carbonyl (C=O) groups excluding carboxylic acids is 1. The number of aromatic carboxylic acids is 1. The predicted molar refractivity (Wildman–Crippen MR) is 68.4 cm³/mol. The van der Waals surface area contributed by atoms with Crippen molar-refractivity contribution in [1.29, 1.82) is 0 Å². The number of carboxylic acids is 2. The van der Waals surface area contributed by atoms with Crippen molar-refractivity contribution in [3.05, 3.63) is 40.4 Å². The summed E-state index contributed by atoms with van der Waals surface area (Å²) in [5.74, 6) is -3.10. The lowest BCUT2D eigenvalue weighted by Gasteiger charge is -2.05. The van der Waals surface area contributed by atoms with Crippen LogP contribution in [0.4, 0.5) is 5.69 Å². The molecule has 1 rings (SSSR count). The van der Waals surface area contributed by atoms with Crippen LogP contribution < -0.4 is 5.32 Å². The van der Waals surface area contributed by atoms with Gasteiger partial charge in [0.1, 0.15) is 0 Å². The molecule has 0 unspecified atom stereocenters. The third kappa shape index (κ3) is 4.11. The summed E-state index contributed by atoms with van der Waals surface area (Å²) in [6.45, 7) is 1.27. The molecular formula is C12H10ClNO5. The highest BCUT2D eigenvalue weighted by atomic mass is 35.5. The van der Waals surface area contributed by atoms with Crippen LogP contribution in [0.5, 0.6) is 0 Å². The average Bonchev–Trinajstić information content (AvgIpc) is 2.30. The number of benzene rings is 1. The molecule has 1 amide bonds. The zero-order chi connectivity index (χ0) is 14.6. The zero-order valence-electron chi connectivity index (χ0n) is 9.81. The minimum Gasteiger partial charge on any atom is -0.478 e. The number of hydrogen-bond acceptors (Lipinski definition) is 3. The van der Waals surface area contributed by atoms with Crippen molar-refractivity contribution in [1.82, 2.24) is 0 Å². The first-order chi connectivity index (χ1) is 8.81. The Kier molecular flexibility index (Phi) is 4.66. The maximum absolute atomic E-state index is 11.5. The Morgan fingerprint density at radius 3 is 2.42 bits per heavy atom. The van der Waals surface area contributed by atoms with Crippen LogP contribution in [-0.4, -0.2) is 28.1 Å². The van der Waals surface area contributed by atoms with E-state index in [-0.39, 0.29) is 21.8 Å². The summed E-state index contributed by atoms with van der Waals surface area (Å²) in [5.41, 5.74) is -0.0791. The molecule has 0 atom stereocenters. The van der Waals surface area contributed by atoms with Crippen molar-refractivity contribution in [3.8, 4) is 0 Å². The van der Waals surface area contributed by atoms with Crippen LogP contribution in [-0.2, 0) is 9.59 Å². The highest BCUT2D eigenvalue weighted by Crippen LogP contribution is 2.20. The molecule has 1 aromatic rings. The summed E-state index contributed by atoms with van der Waals surface area (Å²) in [7, 11) is 0. The van der Waals surface area contributed by atoms with Crippen LogP contribution in [0.15, 0.2) is 29.8 Å². The lowest BCUT2D eigenvalue weighted by atomic mass is 10.2. The summed E-state index contributed by atoms with van der Waals surface area (Å²) >= 11 is 5.67. The molecule has 0 bridgehead atoms. The van der Waals surface area contributed by atoms with Crippen LogP contribution in [0.2, 0.25) is 5.02 Å². The molecular weight excluding hydrogens is 274 g/mol. The molecule has 0 aromatic heterocycles. The third-order valence-electron chi connectivity index (χ3n) is 2.15. The van der Waals surface area contributed by atoms with Crippen molar-refractivity contribution in [3.63, 3.8) is 0 Å². The normalized spacial score (nSPS) is 10.9. The molecule has 0 saturated carbocycles. The lowest BCUT2D eigenvalue weighted by molar-refractivity contribution is -0.132. The van der Waals surface area contributed by atoms with Crippen molar-refractivity contribution in [2.75, 3.05) is 5.32 Å². The Bertz CT molecular complexity index is 579. The van der Waals surface area contributed by atoms with Gasteiger partial charge >= 0.3 is 11.9 Å². The molecule has 0 aliphatic carbocycles. The highest BCUT2D eigenvalue weighted by Gasteiger charge is 2.11. The molecule has 0 aliphatic rings. The smallest absolute Gasteiger partial charge is 0.337 e. The number of anilines is 1. The van der Waals surface area contributed by atoms with Crippen molar-refractivity contribution in [2.45, 2.75) is 6.92 Å². The van der Waals surface area contributed by atoms with Gasteiger partial charge in [0.15, 0.2) is 0 Å². The number of aliphatic carboxylic acids is 1. The Labute approximate surface area is 113 Å². The quantitative estimate of drug-likeness (QED) is 0.733. The first-order valence-electron chi connectivity index (χ1n) is 5.06. The van der Waals surface area contributed by atoms with Gasteiger partial charge in [-0.2, -0.15) is 0 Å². The van der Waals surface area contributed by atoms with E-state index in [1.165, 1.54) is 25.1 Å². The fourth-order valence-electron chi connectivity index (χ4n) is 1.20. The van der Waals surface area contributed by atoms with E-state index in [2.05, 4.69) is 5.32 Å². The summed E-state index contributed by atoms with van der Waals surface area (Å²) in [4.78, 5) is 32.8. The Balaban J connectivity index is 2.92. The number of nitrogens with one attached hydrogen (secondary N) is 1. The largest absolute Gasteiger partial charge is 0.478 e. The van der Waals surface area contributed by atoms with Crippen LogP contribution in [0.25, 0.3) is 0 Å². The van der Waals surface area contributed by atoms with Gasteiger partial charge in [0.05, 0.1) is 10.6 Å². The number of hydrogen-bond donors (Lipinski definition) is 3. The molecule has 0 aliphatic heterocycles. The molecule has 0 heterocycles.